The maximum atomic E-state index is 12.0. The van der Waals surface area contributed by atoms with Crippen LogP contribution >= 0.6 is 0 Å². The number of piperidine rings is 1. The second-order valence-electron chi connectivity index (χ2n) is 5.71. The molecule has 3 rings (SSSR count). The predicted octanol–water partition coefficient (Wildman–Crippen LogP) is 2.06. The van der Waals surface area contributed by atoms with Crippen LogP contribution in [-0.4, -0.2) is 38.7 Å². The number of carbonyl (C=O) groups excluding carboxylic acids is 1. The molecule has 112 valence electrons. The minimum Gasteiger partial charge on any atom is -0.339 e. The van der Waals surface area contributed by atoms with E-state index >= 15 is 0 Å². The lowest BCUT2D eigenvalue weighted by molar-refractivity contribution is -0.127. The van der Waals surface area contributed by atoms with Crippen molar-refractivity contribution < 1.29 is 4.79 Å². The van der Waals surface area contributed by atoms with Gasteiger partial charge in [-0.1, -0.05) is 18.2 Å². The highest BCUT2D eigenvalue weighted by Gasteiger charge is 2.28. The number of carbonyl (C=O) groups is 1. The molecule has 0 saturated carbocycles. The number of fused-ring (bicyclic) bond motifs is 1. The molecule has 0 atom stereocenters. The third kappa shape index (κ3) is 2.91. The minimum atomic E-state index is 0.109. The fourth-order valence-corrected chi connectivity index (χ4v) is 3.19. The van der Waals surface area contributed by atoms with Gasteiger partial charge in [0.25, 0.3) is 0 Å². The molecule has 0 spiro atoms. The topological polar surface area (TPSA) is 51.0 Å². The molecule has 0 aromatic carbocycles. The quantitative estimate of drug-likeness (QED) is 0.631. The summed E-state index contributed by atoms with van der Waals surface area (Å²) >= 11 is 0. The minimum absolute atomic E-state index is 0.109. The standard InChI is InChI=1S/C16H22N4O/c1-2-3-4-7-15(21)19-11-8-13(9-12-19)16-18-17-14-6-5-10-20(14)16/h2-4,7,13H,5-6,8-12H2,1H3/b3-2+,7-4+. The Labute approximate surface area is 125 Å². The van der Waals surface area contributed by atoms with Crippen LogP contribution in [0.2, 0.25) is 0 Å². The summed E-state index contributed by atoms with van der Waals surface area (Å²) in [6.07, 6.45) is 11.5. The van der Waals surface area contributed by atoms with E-state index in [0.717, 1.165) is 50.5 Å². The second-order valence-corrected chi connectivity index (χ2v) is 5.71. The number of allylic oxidation sites excluding steroid dienone is 3. The summed E-state index contributed by atoms with van der Waals surface area (Å²) in [5.74, 6) is 2.84. The Bertz CT molecular complexity index is 565. The lowest BCUT2D eigenvalue weighted by Gasteiger charge is -2.30. The van der Waals surface area contributed by atoms with E-state index in [2.05, 4.69) is 14.8 Å². The predicted molar refractivity (Wildman–Crippen MR) is 80.9 cm³/mol. The summed E-state index contributed by atoms with van der Waals surface area (Å²) in [6, 6.07) is 0. The van der Waals surface area contributed by atoms with Crippen molar-refractivity contribution >= 4 is 5.91 Å². The lowest BCUT2D eigenvalue weighted by Crippen LogP contribution is -2.37. The highest BCUT2D eigenvalue weighted by molar-refractivity contribution is 5.87. The molecule has 1 amide bonds. The van der Waals surface area contributed by atoms with Crippen molar-refractivity contribution in [3.63, 3.8) is 0 Å². The molecule has 1 aromatic heterocycles. The largest absolute Gasteiger partial charge is 0.339 e. The van der Waals surface area contributed by atoms with E-state index in [1.54, 1.807) is 12.2 Å². The summed E-state index contributed by atoms with van der Waals surface area (Å²) in [5.41, 5.74) is 0. The van der Waals surface area contributed by atoms with Crippen LogP contribution in [0.1, 0.15) is 43.8 Å². The van der Waals surface area contributed by atoms with Crippen LogP contribution in [0.15, 0.2) is 24.3 Å². The van der Waals surface area contributed by atoms with Crippen LogP contribution in [0.5, 0.6) is 0 Å². The Hall–Kier alpha value is -1.91. The molecular formula is C16H22N4O. The van der Waals surface area contributed by atoms with Crippen LogP contribution < -0.4 is 0 Å². The van der Waals surface area contributed by atoms with Gasteiger partial charge >= 0.3 is 0 Å². The summed E-state index contributed by atoms with van der Waals surface area (Å²) < 4.78 is 2.29. The Morgan fingerprint density at radius 3 is 2.76 bits per heavy atom. The van der Waals surface area contributed by atoms with Gasteiger partial charge < -0.3 is 9.47 Å². The summed E-state index contributed by atoms with van der Waals surface area (Å²) in [5, 5.41) is 8.67. The van der Waals surface area contributed by atoms with Gasteiger partial charge in [0.05, 0.1) is 0 Å². The summed E-state index contributed by atoms with van der Waals surface area (Å²) in [7, 11) is 0. The Kier molecular flexibility index (Phi) is 4.18. The van der Waals surface area contributed by atoms with Gasteiger partial charge in [0.2, 0.25) is 5.91 Å². The Balaban J connectivity index is 1.59. The van der Waals surface area contributed by atoms with Gasteiger partial charge in [-0.25, -0.2) is 0 Å². The van der Waals surface area contributed by atoms with Crippen molar-refractivity contribution in [3.05, 3.63) is 36.0 Å². The highest BCUT2D eigenvalue weighted by Crippen LogP contribution is 2.29. The fraction of sp³-hybridized carbons (Fsp3) is 0.562. The summed E-state index contributed by atoms with van der Waals surface area (Å²) in [4.78, 5) is 14.0. The highest BCUT2D eigenvalue weighted by atomic mass is 16.2. The Morgan fingerprint density at radius 2 is 2.00 bits per heavy atom. The molecule has 21 heavy (non-hydrogen) atoms. The summed E-state index contributed by atoms with van der Waals surface area (Å²) in [6.45, 7) is 4.62. The number of amides is 1. The zero-order valence-electron chi connectivity index (χ0n) is 12.5. The molecular weight excluding hydrogens is 264 g/mol. The zero-order valence-corrected chi connectivity index (χ0v) is 12.5. The van der Waals surface area contributed by atoms with Crippen LogP contribution in [-0.2, 0) is 17.8 Å². The monoisotopic (exact) mass is 286 g/mol. The second kappa shape index (κ2) is 6.24. The van der Waals surface area contributed by atoms with Gasteiger partial charge in [-0.15, -0.1) is 10.2 Å². The number of rotatable bonds is 3. The van der Waals surface area contributed by atoms with Gasteiger partial charge in [0.15, 0.2) is 0 Å². The van der Waals surface area contributed by atoms with Crippen LogP contribution in [0.3, 0.4) is 0 Å². The first kappa shape index (κ1) is 14.0. The Morgan fingerprint density at radius 1 is 1.19 bits per heavy atom. The lowest BCUT2D eigenvalue weighted by atomic mass is 9.96. The zero-order chi connectivity index (χ0) is 14.7. The van der Waals surface area contributed by atoms with Crippen LogP contribution in [0.4, 0.5) is 0 Å². The van der Waals surface area contributed by atoms with Gasteiger partial charge in [-0.3, -0.25) is 4.79 Å². The van der Waals surface area contributed by atoms with Crippen molar-refractivity contribution in [2.75, 3.05) is 13.1 Å². The SMILES string of the molecule is C/C=C/C=C/C(=O)N1CCC(c2nnc3n2CCC3)CC1. The van der Waals surface area contributed by atoms with Gasteiger partial charge in [-0.05, 0) is 26.2 Å². The number of hydrogen-bond acceptors (Lipinski definition) is 3. The molecule has 3 heterocycles. The molecule has 1 aromatic rings. The maximum absolute atomic E-state index is 12.0. The van der Waals surface area contributed by atoms with E-state index in [4.69, 9.17) is 0 Å². The molecule has 0 aliphatic carbocycles. The molecule has 2 aliphatic heterocycles. The first-order chi connectivity index (χ1) is 10.3. The third-order valence-electron chi connectivity index (χ3n) is 4.35. The average Bonchev–Trinajstić information content (AvgIpc) is 3.10. The molecule has 1 saturated heterocycles. The van der Waals surface area contributed by atoms with Crippen LogP contribution in [0, 0.1) is 0 Å². The molecule has 2 aliphatic rings. The number of hydrogen-bond donors (Lipinski definition) is 0. The van der Waals surface area contributed by atoms with E-state index < -0.39 is 0 Å². The maximum Gasteiger partial charge on any atom is 0.246 e. The van der Waals surface area contributed by atoms with E-state index in [0.29, 0.717) is 5.92 Å². The number of aryl methyl sites for hydroxylation is 1. The van der Waals surface area contributed by atoms with Crippen molar-refractivity contribution in [1.29, 1.82) is 0 Å². The van der Waals surface area contributed by atoms with Gasteiger partial charge in [0, 0.05) is 38.0 Å². The van der Waals surface area contributed by atoms with E-state index in [1.807, 2.05) is 24.0 Å². The van der Waals surface area contributed by atoms with Crippen LogP contribution in [0.25, 0.3) is 0 Å². The molecule has 0 N–H and O–H groups in total. The first-order valence-electron chi connectivity index (χ1n) is 7.80. The van der Waals surface area contributed by atoms with Gasteiger partial charge in [-0.2, -0.15) is 0 Å². The fourth-order valence-electron chi connectivity index (χ4n) is 3.19. The third-order valence-corrected chi connectivity index (χ3v) is 4.35. The molecule has 1 fully saturated rings. The van der Waals surface area contributed by atoms with E-state index in [1.165, 1.54) is 6.42 Å². The average molecular weight is 286 g/mol. The normalized spacial score (nSPS) is 19.8. The van der Waals surface area contributed by atoms with E-state index in [-0.39, 0.29) is 5.91 Å². The molecule has 5 heteroatoms. The number of aromatic nitrogens is 3. The van der Waals surface area contributed by atoms with Crippen molar-refractivity contribution in [3.8, 4) is 0 Å². The van der Waals surface area contributed by atoms with Crippen molar-refractivity contribution in [1.82, 2.24) is 19.7 Å². The number of likely N-dealkylation sites (tertiary alicyclic amines) is 1. The molecule has 5 nitrogen and oxygen atoms in total. The van der Waals surface area contributed by atoms with Crippen molar-refractivity contribution in [2.24, 2.45) is 0 Å². The van der Waals surface area contributed by atoms with Gasteiger partial charge in [0.1, 0.15) is 11.6 Å². The smallest absolute Gasteiger partial charge is 0.246 e. The first-order valence-corrected chi connectivity index (χ1v) is 7.80. The molecule has 0 unspecified atom stereocenters. The number of nitrogens with zero attached hydrogens (tertiary/aromatic N) is 4. The van der Waals surface area contributed by atoms with Crippen molar-refractivity contribution in [2.45, 2.75) is 45.1 Å². The molecule has 0 radical (unpaired) electrons. The molecule has 0 bridgehead atoms. The van der Waals surface area contributed by atoms with E-state index in [9.17, 15) is 4.79 Å².